The van der Waals surface area contributed by atoms with Gasteiger partial charge in [0.05, 0.1) is 31.1 Å². The highest BCUT2D eigenvalue weighted by Crippen LogP contribution is 2.30. The van der Waals surface area contributed by atoms with Gasteiger partial charge in [-0.05, 0) is 80.4 Å². The molecule has 0 saturated heterocycles. The normalized spacial score (nSPS) is 17.1. The van der Waals surface area contributed by atoms with E-state index in [1.54, 1.807) is 6.07 Å². The molecule has 0 amide bonds. The van der Waals surface area contributed by atoms with Crippen molar-refractivity contribution in [3.63, 3.8) is 0 Å². The monoisotopic (exact) mass is 825 g/mol. The fourth-order valence-electron chi connectivity index (χ4n) is 7.89. The van der Waals surface area contributed by atoms with Gasteiger partial charge in [0.25, 0.3) is 0 Å². The molecule has 2 atom stereocenters. The predicted octanol–water partition coefficient (Wildman–Crippen LogP) is 11.0. The molecule has 3 aliphatic rings. The van der Waals surface area contributed by atoms with Gasteiger partial charge in [-0.25, -0.2) is 19.8 Å². The number of aliphatic hydroxyl groups is 1. The highest BCUT2D eigenvalue weighted by Gasteiger charge is 2.25. The molecule has 2 aromatic carbocycles. The number of hydrogen-bond acceptors (Lipinski definition) is 9. The number of aliphatic imine (C=N–C) groups is 1. The minimum atomic E-state index is 0.0813. The summed E-state index contributed by atoms with van der Waals surface area (Å²) in [6, 6.07) is 32.1. The fraction of sp³-hybridized carbons (Fsp3) is 0.510. The summed E-state index contributed by atoms with van der Waals surface area (Å²) in [6.07, 6.45) is 15.8. The Hall–Kier alpha value is -4.15. The molecule has 10 heteroatoms. The zero-order chi connectivity index (χ0) is 42.1. The number of aromatic nitrogens is 2. The number of nitrogens with zero attached hydrogens (tertiary/aromatic N) is 4. The van der Waals surface area contributed by atoms with E-state index in [0.717, 1.165) is 46.5 Å². The standard InChI is InChI=1S/C21H24N2O.C13H12N2O.C9H18ClNO.C6H15N/c1-3-8-16(9-4-1)14-18-15-24-21(22-18)20-13-7-12-19(23-20)17-10-5-2-6-11-17;1-16-13(14)12-9-5-8-11(15-12)10-6-3-2-4-7-10;10-11-9(7-12)6-8-4-2-1-3-5-8;1-4-7(5-2)6-3/h2,5-7,10-13,16,18H,1,3-4,8-9,14-15H2;2-9,14H,1H3;8-9,11-12H,1-7H2;4-6H2,1-3H3/t18-;;9-;/m0.0./s1. The SMILES string of the molecule is CCN(CC)CC.COC(=N)c1cccc(-c2ccccc2)n1.OC[C@H](CC1CCCCC1)NCl.c1ccc(-c2cccc(C3=N[C@@H](CC4CCCCC4)CO3)n2)cc1. The van der Waals surface area contributed by atoms with Gasteiger partial charge in [-0.1, -0.05) is 158 Å². The number of aliphatic hydroxyl groups excluding tert-OH is 1. The predicted molar refractivity (Wildman–Crippen MR) is 245 cm³/mol. The van der Waals surface area contributed by atoms with E-state index < -0.39 is 0 Å². The van der Waals surface area contributed by atoms with Gasteiger partial charge in [-0.3, -0.25) is 5.41 Å². The summed E-state index contributed by atoms with van der Waals surface area (Å²) in [6.45, 7) is 11.0. The highest BCUT2D eigenvalue weighted by molar-refractivity contribution is 6.13. The van der Waals surface area contributed by atoms with Crippen LogP contribution < -0.4 is 4.84 Å². The molecule has 0 unspecified atom stereocenters. The molecule has 0 spiro atoms. The number of hydrogen-bond donors (Lipinski definition) is 3. The Morgan fingerprint density at radius 3 is 1.78 bits per heavy atom. The van der Waals surface area contributed by atoms with E-state index in [4.69, 9.17) is 41.7 Å². The smallest absolute Gasteiger partial charge is 0.235 e. The van der Waals surface area contributed by atoms with E-state index >= 15 is 0 Å². The molecule has 7 rings (SSSR count). The second kappa shape index (κ2) is 27.6. The van der Waals surface area contributed by atoms with Crippen molar-refractivity contribution in [3.05, 3.63) is 108 Å². The summed E-state index contributed by atoms with van der Waals surface area (Å²) >= 11 is 5.48. The van der Waals surface area contributed by atoms with Crippen LogP contribution in [0.15, 0.2) is 102 Å². The van der Waals surface area contributed by atoms with E-state index in [0.29, 0.717) is 24.2 Å². The van der Waals surface area contributed by atoms with Crippen molar-refractivity contribution >= 4 is 23.6 Å². The van der Waals surface area contributed by atoms with Crippen LogP contribution in [0.5, 0.6) is 0 Å². The molecule has 1 aliphatic heterocycles. The van der Waals surface area contributed by atoms with Crippen molar-refractivity contribution in [2.24, 2.45) is 16.8 Å². The molecular formula is C49H69ClN6O3. The van der Waals surface area contributed by atoms with Crippen LogP contribution in [-0.2, 0) is 9.47 Å². The van der Waals surface area contributed by atoms with Crippen LogP contribution >= 0.6 is 11.8 Å². The lowest BCUT2D eigenvalue weighted by molar-refractivity contribution is 0.219. The summed E-state index contributed by atoms with van der Waals surface area (Å²) in [7, 11) is 1.47. The maximum atomic E-state index is 8.91. The van der Waals surface area contributed by atoms with Gasteiger partial charge >= 0.3 is 0 Å². The van der Waals surface area contributed by atoms with Gasteiger partial charge in [0.15, 0.2) is 0 Å². The quantitative estimate of drug-likeness (QED) is 0.0698. The topological polar surface area (TPSA) is 116 Å². The molecule has 0 bridgehead atoms. The third-order valence-electron chi connectivity index (χ3n) is 11.4. The number of methoxy groups -OCH3 is 1. The Labute approximate surface area is 359 Å². The lowest BCUT2D eigenvalue weighted by Gasteiger charge is -2.24. The Morgan fingerprint density at radius 1 is 0.746 bits per heavy atom. The van der Waals surface area contributed by atoms with E-state index in [1.807, 2.05) is 78.9 Å². The van der Waals surface area contributed by atoms with Crippen LogP contribution in [0.4, 0.5) is 0 Å². The highest BCUT2D eigenvalue weighted by atomic mass is 35.5. The first-order valence-corrected chi connectivity index (χ1v) is 22.4. The van der Waals surface area contributed by atoms with Crippen molar-refractivity contribution in [2.75, 3.05) is 40.0 Å². The maximum Gasteiger partial charge on any atom is 0.235 e. The zero-order valence-corrected chi connectivity index (χ0v) is 36.8. The number of ether oxygens (including phenoxy) is 2. The molecule has 2 aliphatic carbocycles. The van der Waals surface area contributed by atoms with Crippen LogP contribution in [-0.4, -0.2) is 83.8 Å². The third kappa shape index (κ3) is 16.8. The van der Waals surface area contributed by atoms with Gasteiger partial charge in [0.2, 0.25) is 11.8 Å². The Morgan fingerprint density at radius 2 is 1.27 bits per heavy atom. The maximum absolute atomic E-state index is 8.91. The largest absolute Gasteiger partial charge is 0.480 e. The number of nitrogens with one attached hydrogen (secondary N) is 2. The fourth-order valence-corrected chi connectivity index (χ4v) is 8.05. The molecule has 4 aromatic rings. The molecule has 2 aromatic heterocycles. The molecule has 2 saturated carbocycles. The first-order chi connectivity index (χ1) is 28.9. The van der Waals surface area contributed by atoms with E-state index in [1.165, 1.54) is 97.4 Å². The zero-order valence-electron chi connectivity index (χ0n) is 36.0. The van der Waals surface area contributed by atoms with Gasteiger partial charge in [0.1, 0.15) is 18.0 Å². The van der Waals surface area contributed by atoms with Gasteiger partial charge in [-0.2, -0.15) is 0 Å². The molecule has 3 heterocycles. The number of rotatable bonds is 13. The Kier molecular flexibility index (Phi) is 22.2. The van der Waals surface area contributed by atoms with Crippen molar-refractivity contribution in [1.29, 1.82) is 5.41 Å². The van der Waals surface area contributed by atoms with E-state index in [9.17, 15) is 0 Å². The lowest BCUT2D eigenvalue weighted by Crippen LogP contribution is -2.28. The van der Waals surface area contributed by atoms with Crippen molar-refractivity contribution in [1.82, 2.24) is 19.7 Å². The molecule has 0 radical (unpaired) electrons. The Balaban J connectivity index is 0.000000191. The lowest BCUT2D eigenvalue weighted by atomic mass is 9.85. The van der Waals surface area contributed by atoms with E-state index in [-0.39, 0.29) is 18.5 Å². The minimum absolute atomic E-state index is 0.0813. The second-order valence-corrected chi connectivity index (χ2v) is 15.8. The van der Waals surface area contributed by atoms with Crippen molar-refractivity contribution < 1.29 is 14.6 Å². The number of pyridine rings is 2. The van der Waals surface area contributed by atoms with Crippen LogP contribution in [0.25, 0.3) is 22.5 Å². The van der Waals surface area contributed by atoms with Crippen molar-refractivity contribution in [3.8, 4) is 22.5 Å². The molecule has 59 heavy (non-hydrogen) atoms. The average molecular weight is 826 g/mol. The van der Waals surface area contributed by atoms with Crippen LogP contribution in [0.2, 0.25) is 0 Å². The first-order valence-electron chi connectivity index (χ1n) is 22.0. The summed E-state index contributed by atoms with van der Waals surface area (Å²) in [5, 5.41) is 16.5. The van der Waals surface area contributed by atoms with Crippen LogP contribution in [0, 0.1) is 17.2 Å². The van der Waals surface area contributed by atoms with Crippen LogP contribution in [0.3, 0.4) is 0 Å². The summed E-state index contributed by atoms with van der Waals surface area (Å²) < 4.78 is 10.7. The second-order valence-electron chi connectivity index (χ2n) is 15.6. The summed E-state index contributed by atoms with van der Waals surface area (Å²) in [5.74, 6) is 2.41. The number of halogens is 1. The van der Waals surface area contributed by atoms with Gasteiger partial charge in [-0.15, -0.1) is 0 Å². The number of benzene rings is 2. The molecule has 320 valence electrons. The Bertz CT molecular complexity index is 1750. The third-order valence-corrected chi connectivity index (χ3v) is 11.7. The first kappa shape index (κ1) is 47.5. The molecule has 3 N–H and O–H groups in total. The van der Waals surface area contributed by atoms with E-state index in [2.05, 4.69) is 47.6 Å². The van der Waals surface area contributed by atoms with Crippen molar-refractivity contribution in [2.45, 2.75) is 110 Å². The molecule has 2 fully saturated rings. The molecular weight excluding hydrogens is 756 g/mol. The molecule has 9 nitrogen and oxygen atoms in total. The van der Waals surface area contributed by atoms with Crippen LogP contribution in [0.1, 0.15) is 109 Å². The van der Waals surface area contributed by atoms with Gasteiger partial charge in [0, 0.05) is 17.2 Å². The summed E-state index contributed by atoms with van der Waals surface area (Å²) in [5.41, 5.74) is 5.37. The summed E-state index contributed by atoms with van der Waals surface area (Å²) in [4.78, 5) is 18.9. The minimum Gasteiger partial charge on any atom is -0.480 e. The van der Waals surface area contributed by atoms with Gasteiger partial charge < -0.3 is 19.5 Å². The average Bonchev–Trinajstić information content (AvgIpc) is 3.79.